The fourth-order valence-corrected chi connectivity index (χ4v) is 6.96. The van der Waals surface area contributed by atoms with Crippen LogP contribution in [0.3, 0.4) is 0 Å². The molecule has 0 saturated carbocycles. The van der Waals surface area contributed by atoms with Crippen molar-refractivity contribution in [1.29, 1.82) is 0 Å². The van der Waals surface area contributed by atoms with Crippen LogP contribution in [-0.2, 0) is 7.05 Å². The van der Waals surface area contributed by atoms with E-state index in [0.717, 1.165) is 0 Å². The highest BCUT2D eigenvalue weighted by molar-refractivity contribution is 7.44. The fourth-order valence-electron chi connectivity index (χ4n) is 4.34. The van der Waals surface area contributed by atoms with Gasteiger partial charge in [-0.1, -0.05) is 48.5 Å². The first kappa shape index (κ1) is 17.8. The van der Waals surface area contributed by atoms with Crippen molar-refractivity contribution in [2.45, 2.75) is 6.92 Å². The van der Waals surface area contributed by atoms with E-state index in [4.69, 9.17) is 0 Å². The molecule has 6 aromatic rings. The lowest BCUT2D eigenvalue weighted by Gasteiger charge is -2.08. The van der Waals surface area contributed by atoms with Crippen LogP contribution in [0.1, 0.15) is 5.56 Å². The monoisotopic (exact) mass is 422 g/mol. The van der Waals surface area contributed by atoms with E-state index in [2.05, 4.69) is 104 Å². The predicted octanol–water partition coefficient (Wildman–Crippen LogP) is 7.74. The number of fused-ring (bicyclic) bond motifs is 5. The van der Waals surface area contributed by atoms with Gasteiger partial charge in [-0.05, 0) is 41.8 Å². The molecule has 3 aromatic carbocycles. The number of aromatic nitrogens is 1. The molecule has 30 heavy (non-hydrogen) atoms. The maximum atomic E-state index is 2.39. The third kappa shape index (κ3) is 2.70. The predicted molar refractivity (Wildman–Crippen MR) is 131 cm³/mol. The first-order chi connectivity index (χ1) is 14.7. The van der Waals surface area contributed by atoms with Crippen molar-refractivity contribution < 1.29 is 4.57 Å². The minimum atomic E-state index is 1.25. The Morgan fingerprint density at radius 2 is 1.47 bits per heavy atom. The summed E-state index contributed by atoms with van der Waals surface area (Å²) in [4.78, 5) is 0. The molecule has 0 bridgehead atoms. The van der Waals surface area contributed by atoms with Crippen molar-refractivity contribution in [3.8, 4) is 22.4 Å². The summed E-state index contributed by atoms with van der Waals surface area (Å²) >= 11 is 3.83. The molecule has 0 fully saturated rings. The summed E-state index contributed by atoms with van der Waals surface area (Å²) in [6, 6.07) is 28.7. The van der Waals surface area contributed by atoms with E-state index in [1.807, 2.05) is 22.7 Å². The molecule has 0 amide bonds. The van der Waals surface area contributed by atoms with Gasteiger partial charge < -0.3 is 0 Å². The molecular formula is C27H20NS2+. The van der Waals surface area contributed by atoms with Crippen LogP contribution < -0.4 is 4.57 Å². The van der Waals surface area contributed by atoms with Crippen LogP contribution in [0.4, 0.5) is 0 Å². The van der Waals surface area contributed by atoms with Gasteiger partial charge in [0.25, 0.3) is 0 Å². The lowest BCUT2D eigenvalue weighted by atomic mass is 9.98. The van der Waals surface area contributed by atoms with Crippen LogP contribution in [0.25, 0.3) is 52.0 Å². The van der Waals surface area contributed by atoms with Crippen LogP contribution in [-0.4, -0.2) is 0 Å². The number of pyridine rings is 1. The number of hydrogen-bond acceptors (Lipinski definition) is 2. The summed E-state index contributed by atoms with van der Waals surface area (Å²) in [6.07, 6.45) is 2.17. The zero-order valence-electron chi connectivity index (χ0n) is 16.8. The maximum Gasteiger partial charge on any atom is 0.213 e. The Hall–Kier alpha value is -3.01. The molecule has 0 unspecified atom stereocenters. The molecule has 0 aliphatic carbocycles. The second-order valence-corrected chi connectivity index (χ2v) is 10.2. The molecule has 3 aromatic heterocycles. The summed E-state index contributed by atoms with van der Waals surface area (Å²) < 4.78 is 6.40. The molecule has 0 radical (unpaired) electrons. The Labute approximate surface area is 183 Å². The van der Waals surface area contributed by atoms with Gasteiger partial charge in [-0.25, -0.2) is 4.57 Å². The Bertz CT molecular complexity index is 1550. The number of benzene rings is 3. The van der Waals surface area contributed by atoms with E-state index in [9.17, 15) is 0 Å². The van der Waals surface area contributed by atoms with Crippen LogP contribution in [0.5, 0.6) is 0 Å². The molecule has 3 heteroatoms. The lowest BCUT2D eigenvalue weighted by molar-refractivity contribution is -0.660. The van der Waals surface area contributed by atoms with Crippen molar-refractivity contribution in [2.75, 3.05) is 0 Å². The molecule has 6 rings (SSSR count). The molecule has 0 atom stereocenters. The average Bonchev–Trinajstić information content (AvgIpc) is 3.30. The highest BCUT2D eigenvalue weighted by Gasteiger charge is 2.18. The van der Waals surface area contributed by atoms with Crippen LogP contribution in [0.2, 0.25) is 0 Å². The number of nitrogens with zero attached hydrogens (tertiary/aromatic N) is 1. The maximum absolute atomic E-state index is 2.39. The molecule has 0 aliphatic rings. The van der Waals surface area contributed by atoms with Gasteiger partial charge >= 0.3 is 0 Å². The standard InChI is InChI=1S/C27H20NS2/c1-17-14-22-25(30-27-26(22)20-10-6-7-11-24(20)29-27)16-21(17)23-15-19(12-13-28(23)2)18-8-4-3-5-9-18/h3-16H,1-2H3/q+1. The zero-order valence-corrected chi connectivity index (χ0v) is 18.5. The van der Waals surface area contributed by atoms with E-state index in [0.29, 0.717) is 0 Å². The summed E-state index contributed by atoms with van der Waals surface area (Å²) in [7, 11) is 2.13. The summed E-state index contributed by atoms with van der Waals surface area (Å²) in [5.74, 6) is 0. The van der Waals surface area contributed by atoms with E-state index in [1.165, 1.54) is 57.5 Å². The largest absolute Gasteiger partial charge is 0.213 e. The van der Waals surface area contributed by atoms with Gasteiger partial charge in [-0.3, -0.25) is 0 Å². The van der Waals surface area contributed by atoms with Gasteiger partial charge in [0.1, 0.15) is 7.05 Å². The van der Waals surface area contributed by atoms with Crippen molar-refractivity contribution in [2.24, 2.45) is 7.05 Å². The highest BCUT2D eigenvalue weighted by atomic mass is 32.2. The second kappa shape index (κ2) is 6.76. The SMILES string of the molecule is Cc1cc2c(cc1-c1cc(-c3ccccc3)cc[n+]1C)sc1sc3ccccc3c12. The normalized spacial score (nSPS) is 11.7. The lowest BCUT2D eigenvalue weighted by Crippen LogP contribution is -2.30. The van der Waals surface area contributed by atoms with Gasteiger partial charge in [-0.2, -0.15) is 0 Å². The van der Waals surface area contributed by atoms with E-state index >= 15 is 0 Å². The Kier molecular flexibility index (Phi) is 4.02. The van der Waals surface area contributed by atoms with Gasteiger partial charge in [0, 0.05) is 37.7 Å². The average molecular weight is 423 g/mol. The third-order valence-corrected chi connectivity index (χ3v) is 8.31. The molecule has 0 N–H and O–H groups in total. The van der Waals surface area contributed by atoms with Gasteiger partial charge in [0.2, 0.25) is 5.69 Å². The van der Waals surface area contributed by atoms with Gasteiger partial charge in [0.05, 0.1) is 9.58 Å². The van der Waals surface area contributed by atoms with E-state index in [1.54, 1.807) is 0 Å². The van der Waals surface area contributed by atoms with Crippen LogP contribution >= 0.6 is 22.7 Å². The molecule has 0 aliphatic heterocycles. The molecule has 3 heterocycles. The number of hydrogen-bond donors (Lipinski definition) is 0. The smallest absolute Gasteiger partial charge is 0.201 e. The minimum absolute atomic E-state index is 1.25. The summed E-state index contributed by atoms with van der Waals surface area (Å²) in [6.45, 7) is 2.24. The van der Waals surface area contributed by atoms with E-state index in [-0.39, 0.29) is 0 Å². The molecule has 0 saturated heterocycles. The molecule has 1 nitrogen and oxygen atoms in total. The van der Waals surface area contributed by atoms with Crippen molar-refractivity contribution in [3.63, 3.8) is 0 Å². The molecule has 0 spiro atoms. The zero-order chi connectivity index (χ0) is 20.2. The number of rotatable bonds is 2. The van der Waals surface area contributed by atoms with E-state index < -0.39 is 0 Å². The van der Waals surface area contributed by atoms with Gasteiger partial charge in [0.15, 0.2) is 6.20 Å². The summed E-state index contributed by atoms with van der Waals surface area (Å²) in [5.41, 5.74) is 6.37. The second-order valence-electron chi connectivity index (χ2n) is 7.80. The first-order valence-corrected chi connectivity index (χ1v) is 11.7. The fraction of sp³-hybridized carbons (Fsp3) is 0.0741. The summed E-state index contributed by atoms with van der Waals surface area (Å²) in [5, 5.41) is 4.19. The van der Waals surface area contributed by atoms with Crippen molar-refractivity contribution in [1.82, 2.24) is 0 Å². The van der Waals surface area contributed by atoms with Crippen molar-refractivity contribution >= 4 is 52.2 Å². The minimum Gasteiger partial charge on any atom is -0.201 e. The first-order valence-electron chi connectivity index (χ1n) is 10.1. The van der Waals surface area contributed by atoms with Crippen molar-refractivity contribution in [3.05, 3.63) is 90.6 Å². The molecule has 144 valence electrons. The van der Waals surface area contributed by atoms with Crippen LogP contribution in [0, 0.1) is 6.92 Å². The van der Waals surface area contributed by atoms with Gasteiger partial charge in [-0.15, -0.1) is 22.7 Å². The Balaban J connectivity index is 1.58. The van der Waals surface area contributed by atoms with Crippen LogP contribution in [0.15, 0.2) is 85.1 Å². The Morgan fingerprint density at radius 1 is 0.700 bits per heavy atom. The number of aryl methyl sites for hydroxylation is 2. The number of thiophene rings is 2. The Morgan fingerprint density at radius 3 is 2.33 bits per heavy atom. The third-order valence-electron chi connectivity index (χ3n) is 5.89. The highest BCUT2D eigenvalue weighted by Crippen LogP contribution is 2.45. The topological polar surface area (TPSA) is 3.88 Å². The quantitative estimate of drug-likeness (QED) is 0.251. The molecular weight excluding hydrogens is 402 g/mol.